The number of carbonyl (C=O) groups is 1. The zero-order chi connectivity index (χ0) is 19.4. The number of rotatable bonds is 6. The van der Waals surface area contributed by atoms with Crippen LogP contribution in [0.15, 0.2) is 41.4 Å². The first kappa shape index (κ1) is 19.9. The van der Waals surface area contributed by atoms with Crippen molar-refractivity contribution in [2.24, 2.45) is 4.99 Å². The van der Waals surface area contributed by atoms with E-state index in [0.29, 0.717) is 6.42 Å². The summed E-state index contributed by atoms with van der Waals surface area (Å²) < 4.78 is 3.39. The van der Waals surface area contributed by atoms with Crippen LogP contribution in [0, 0.1) is 13.8 Å². The molecule has 1 aromatic heterocycles. The molecule has 142 valence electrons. The summed E-state index contributed by atoms with van der Waals surface area (Å²) in [4.78, 5) is 18.0. The summed E-state index contributed by atoms with van der Waals surface area (Å²) in [7, 11) is 0. The molecule has 0 fully saturated rings. The molecule has 1 amide bonds. The number of aryl methyl sites for hydroxylation is 4. The van der Waals surface area contributed by atoms with Crippen LogP contribution in [0.3, 0.4) is 0 Å². The largest absolute Gasteiger partial charge is 0.316 e. The minimum Gasteiger partial charge on any atom is -0.316 e. The lowest BCUT2D eigenvalue weighted by Crippen LogP contribution is -2.18. The van der Waals surface area contributed by atoms with Crippen molar-refractivity contribution in [3.8, 4) is 0 Å². The van der Waals surface area contributed by atoms with E-state index in [4.69, 9.17) is 0 Å². The van der Waals surface area contributed by atoms with Crippen LogP contribution < -0.4 is 4.80 Å². The van der Waals surface area contributed by atoms with E-state index in [9.17, 15) is 4.79 Å². The first-order valence-corrected chi connectivity index (χ1v) is 11.5. The van der Waals surface area contributed by atoms with Crippen molar-refractivity contribution in [1.29, 1.82) is 0 Å². The molecule has 0 saturated carbocycles. The van der Waals surface area contributed by atoms with Gasteiger partial charge in [-0.1, -0.05) is 48.1 Å². The van der Waals surface area contributed by atoms with E-state index < -0.39 is 0 Å². The standard InChI is InChI=1S/C22H26N2OS2/c1-5-17-7-9-19-20(13-17)27-22(24(19)10-11-26-4)23-21(25)14-18-8-6-15(2)12-16(18)3/h6-9,12-13H,5,10-11,14H2,1-4H3. The maximum Gasteiger partial charge on any atom is 0.252 e. The summed E-state index contributed by atoms with van der Waals surface area (Å²) in [5.41, 5.74) is 5.90. The summed E-state index contributed by atoms with van der Waals surface area (Å²) in [6.07, 6.45) is 3.46. The van der Waals surface area contributed by atoms with Crippen molar-refractivity contribution < 1.29 is 4.79 Å². The number of hydrogen-bond acceptors (Lipinski definition) is 3. The van der Waals surface area contributed by atoms with Gasteiger partial charge in [-0.25, -0.2) is 0 Å². The van der Waals surface area contributed by atoms with Gasteiger partial charge in [0.25, 0.3) is 5.91 Å². The summed E-state index contributed by atoms with van der Waals surface area (Å²) in [5, 5.41) is 0. The molecular weight excluding hydrogens is 372 g/mol. The molecule has 0 atom stereocenters. The van der Waals surface area contributed by atoms with E-state index in [1.807, 2.05) is 6.07 Å². The molecule has 0 radical (unpaired) electrons. The molecule has 3 nitrogen and oxygen atoms in total. The molecule has 2 aromatic carbocycles. The fourth-order valence-corrected chi connectivity index (χ4v) is 4.68. The molecule has 1 heterocycles. The minimum atomic E-state index is -0.0814. The third-order valence-corrected chi connectivity index (χ3v) is 6.37. The number of thiazole rings is 1. The zero-order valence-electron chi connectivity index (χ0n) is 16.4. The van der Waals surface area contributed by atoms with Gasteiger partial charge in [-0.05, 0) is 55.3 Å². The molecule has 0 bridgehead atoms. The molecule has 0 unspecified atom stereocenters. The van der Waals surface area contributed by atoms with Crippen LogP contribution in [0.5, 0.6) is 0 Å². The lowest BCUT2D eigenvalue weighted by Gasteiger charge is -2.05. The van der Waals surface area contributed by atoms with Crippen LogP contribution in [-0.4, -0.2) is 22.5 Å². The molecule has 27 heavy (non-hydrogen) atoms. The smallest absolute Gasteiger partial charge is 0.252 e. The first-order valence-electron chi connectivity index (χ1n) is 9.26. The Kier molecular flexibility index (Phi) is 6.55. The van der Waals surface area contributed by atoms with Crippen LogP contribution in [0.2, 0.25) is 0 Å². The molecule has 0 saturated heterocycles. The van der Waals surface area contributed by atoms with E-state index in [0.717, 1.165) is 34.6 Å². The van der Waals surface area contributed by atoms with Crippen LogP contribution in [0.25, 0.3) is 10.2 Å². The summed E-state index contributed by atoms with van der Waals surface area (Å²) in [6.45, 7) is 7.15. The summed E-state index contributed by atoms with van der Waals surface area (Å²) in [6, 6.07) is 12.8. The maximum atomic E-state index is 12.7. The highest BCUT2D eigenvalue weighted by molar-refractivity contribution is 7.98. The van der Waals surface area contributed by atoms with Crippen LogP contribution in [-0.2, 0) is 24.2 Å². The Hall–Kier alpha value is -1.85. The first-order chi connectivity index (χ1) is 13.0. The number of hydrogen-bond donors (Lipinski definition) is 0. The predicted octanol–water partition coefficient (Wildman–Crippen LogP) is 4.92. The lowest BCUT2D eigenvalue weighted by molar-refractivity contribution is -0.117. The van der Waals surface area contributed by atoms with Gasteiger partial charge in [0.05, 0.1) is 16.6 Å². The minimum absolute atomic E-state index is 0.0814. The van der Waals surface area contributed by atoms with Crippen LogP contribution in [0.4, 0.5) is 0 Å². The van der Waals surface area contributed by atoms with Gasteiger partial charge in [-0.3, -0.25) is 4.79 Å². The van der Waals surface area contributed by atoms with Crippen molar-refractivity contribution in [1.82, 2.24) is 4.57 Å². The molecule has 5 heteroatoms. The Morgan fingerprint density at radius 2 is 2.00 bits per heavy atom. The normalized spacial score (nSPS) is 12.1. The van der Waals surface area contributed by atoms with Crippen LogP contribution in [0.1, 0.15) is 29.2 Å². The van der Waals surface area contributed by atoms with Crippen molar-refractivity contribution >= 4 is 39.2 Å². The second-order valence-corrected chi connectivity index (χ2v) is 8.79. The Balaban J connectivity index is 1.98. The fraction of sp³-hybridized carbons (Fsp3) is 0.364. The van der Waals surface area contributed by atoms with Crippen molar-refractivity contribution in [3.05, 3.63) is 63.5 Å². The SMILES string of the molecule is CCc1ccc2c(c1)sc(=NC(=O)Cc1ccc(C)cc1C)n2CCSC. The highest BCUT2D eigenvalue weighted by Gasteiger charge is 2.10. The van der Waals surface area contributed by atoms with E-state index in [1.54, 1.807) is 23.1 Å². The molecule has 0 N–H and O–H groups in total. The highest BCUT2D eigenvalue weighted by Crippen LogP contribution is 2.20. The van der Waals surface area contributed by atoms with E-state index in [2.05, 4.69) is 66.9 Å². The number of fused-ring (bicyclic) bond motifs is 1. The third kappa shape index (κ3) is 4.71. The Bertz CT molecular complexity index is 1030. The zero-order valence-corrected chi connectivity index (χ0v) is 18.0. The number of thioether (sulfide) groups is 1. The van der Waals surface area contributed by atoms with Gasteiger partial charge in [0.15, 0.2) is 4.80 Å². The Morgan fingerprint density at radius 3 is 2.70 bits per heavy atom. The van der Waals surface area contributed by atoms with Gasteiger partial charge in [0, 0.05) is 12.3 Å². The van der Waals surface area contributed by atoms with Crippen molar-refractivity contribution in [2.45, 2.75) is 40.2 Å². The van der Waals surface area contributed by atoms with Gasteiger partial charge in [0.1, 0.15) is 0 Å². The number of nitrogens with zero attached hydrogens (tertiary/aromatic N) is 2. The second kappa shape index (κ2) is 8.89. The van der Waals surface area contributed by atoms with Gasteiger partial charge < -0.3 is 4.57 Å². The lowest BCUT2D eigenvalue weighted by atomic mass is 10.0. The van der Waals surface area contributed by atoms with Gasteiger partial charge in [-0.15, -0.1) is 0 Å². The molecule has 0 spiro atoms. The quantitative estimate of drug-likeness (QED) is 0.591. The Morgan fingerprint density at radius 1 is 1.19 bits per heavy atom. The van der Waals surface area contributed by atoms with E-state index >= 15 is 0 Å². The van der Waals surface area contributed by atoms with Crippen LogP contribution >= 0.6 is 23.1 Å². The summed E-state index contributed by atoms with van der Waals surface area (Å²) >= 11 is 3.42. The molecule has 3 rings (SSSR count). The molecule has 0 aliphatic heterocycles. The maximum absolute atomic E-state index is 12.7. The predicted molar refractivity (Wildman–Crippen MR) is 118 cm³/mol. The van der Waals surface area contributed by atoms with E-state index in [1.165, 1.54) is 21.3 Å². The number of carbonyl (C=O) groups excluding carboxylic acids is 1. The summed E-state index contributed by atoms with van der Waals surface area (Å²) in [5.74, 6) is 0.918. The topological polar surface area (TPSA) is 34.4 Å². The molecule has 0 aliphatic carbocycles. The molecular formula is C22H26N2OS2. The average Bonchev–Trinajstić information content (AvgIpc) is 2.98. The van der Waals surface area contributed by atoms with Crippen molar-refractivity contribution in [2.75, 3.05) is 12.0 Å². The molecule has 0 aliphatic rings. The van der Waals surface area contributed by atoms with Gasteiger partial charge in [-0.2, -0.15) is 16.8 Å². The van der Waals surface area contributed by atoms with E-state index in [-0.39, 0.29) is 5.91 Å². The number of benzene rings is 2. The molecule has 3 aromatic rings. The van der Waals surface area contributed by atoms with Crippen molar-refractivity contribution in [3.63, 3.8) is 0 Å². The monoisotopic (exact) mass is 398 g/mol. The average molecular weight is 399 g/mol. The van der Waals surface area contributed by atoms with Gasteiger partial charge >= 0.3 is 0 Å². The van der Waals surface area contributed by atoms with Gasteiger partial charge in [0.2, 0.25) is 0 Å². The number of aromatic nitrogens is 1. The second-order valence-electron chi connectivity index (χ2n) is 6.80. The number of amides is 1. The third-order valence-electron chi connectivity index (χ3n) is 4.73. The highest BCUT2D eigenvalue weighted by atomic mass is 32.2. The Labute approximate surface area is 169 Å². The fourth-order valence-electron chi connectivity index (χ4n) is 3.17.